The summed E-state index contributed by atoms with van der Waals surface area (Å²) in [6.45, 7) is 1.44. The monoisotopic (exact) mass is 379 g/mol. The minimum atomic E-state index is -0.544. The molecule has 1 heterocycles. The summed E-state index contributed by atoms with van der Waals surface area (Å²) < 4.78 is 24.3. The number of halogens is 2. The summed E-state index contributed by atoms with van der Waals surface area (Å²) in [4.78, 5) is 24.2. The van der Waals surface area contributed by atoms with Gasteiger partial charge in [0.15, 0.2) is 17.3 Å². The van der Waals surface area contributed by atoms with Crippen molar-refractivity contribution in [1.82, 2.24) is 0 Å². The molecule has 5 nitrogen and oxygen atoms in total. The average molecular weight is 380 g/mol. The molecule has 1 N–H and O–H groups in total. The Labute approximate surface area is 139 Å². The predicted molar refractivity (Wildman–Crippen MR) is 84.6 cm³/mol. The maximum atomic E-state index is 13.3. The molecule has 0 saturated heterocycles. The molecule has 3 rings (SSSR count). The summed E-state index contributed by atoms with van der Waals surface area (Å²) in [5.74, 6) is -0.436. The van der Waals surface area contributed by atoms with E-state index in [4.69, 9.17) is 9.47 Å². The van der Waals surface area contributed by atoms with E-state index >= 15 is 0 Å². The smallest absolute Gasteiger partial charge is 0.256 e. The van der Waals surface area contributed by atoms with Gasteiger partial charge in [0.05, 0.1) is 11.3 Å². The van der Waals surface area contributed by atoms with E-state index in [1.807, 2.05) is 0 Å². The zero-order valence-corrected chi connectivity index (χ0v) is 13.6. The largest absolute Gasteiger partial charge is 0.454 e. The van der Waals surface area contributed by atoms with Crippen LogP contribution in [-0.2, 0) is 0 Å². The van der Waals surface area contributed by atoms with Crippen molar-refractivity contribution in [2.24, 2.45) is 0 Å². The zero-order chi connectivity index (χ0) is 16.6. The molecule has 1 aliphatic rings. The molecule has 2 aromatic rings. The van der Waals surface area contributed by atoms with Gasteiger partial charge in [0.2, 0.25) is 6.79 Å². The number of hydrogen-bond acceptors (Lipinski definition) is 4. The molecule has 0 unspecified atom stereocenters. The van der Waals surface area contributed by atoms with Crippen LogP contribution in [0.4, 0.5) is 10.1 Å². The molecular weight excluding hydrogens is 369 g/mol. The van der Waals surface area contributed by atoms with Gasteiger partial charge in [0.25, 0.3) is 5.91 Å². The minimum Gasteiger partial charge on any atom is -0.454 e. The highest BCUT2D eigenvalue weighted by Crippen LogP contribution is 2.37. The Morgan fingerprint density at radius 3 is 2.52 bits per heavy atom. The number of ketones is 1. The van der Waals surface area contributed by atoms with Gasteiger partial charge in [-0.1, -0.05) is 0 Å². The third-order valence-electron chi connectivity index (χ3n) is 3.31. The fourth-order valence-electron chi connectivity index (χ4n) is 2.20. The number of benzene rings is 2. The number of anilines is 1. The third-order valence-corrected chi connectivity index (χ3v) is 4.00. The van der Waals surface area contributed by atoms with Gasteiger partial charge in [0.1, 0.15) is 5.82 Å². The van der Waals surface area contributed by atoms with E-state index in [0.29, 0.717) is 16.0 Å². The third kappa shape index (κ3) is 3.05. The second kappa shape index (κ2) is 6.00. The minimum absolute atomic E-state index is 0.0551. The van der Waals surface area contributed by atoms with Gasteiger partial charge >= 0.3 is 0 Å². The highest BCUT2D eigenvalue weighted by Gasteiger charge is 2.21. The zero-order valence-electron chi connectivity index (χ0n) is 12.0. The van der Waals surface area contributed by atoms with Crippen molar-refractivity contribution in [2.75, 3.05) is 12.1 Å². The van der Waals surface area contributed by atoms with Crippen LogP contribution in [-0.4, -0.2) is 18.5 Å². The van der Waals surface area contributed by atoms with E-state index in [-0.39, 0.29) is 29.4 Å². The first-order valence-corrected chi connectivity index (χ1v) is 7.46. The van der Waals surface area contributed by atoms with Crippen LogP contribution in [0.1, 0.15) is 27.6 Å². The summed E-state index contributed by atoms with van der Waals surface area (Å²) in [5, 5.41) is 2.61. The van der Waals surface area contributed by atoms with Crippen molar-refractivity contribution in [3.05, 3.63) is 51.7 Å². The molecule has 0 spiro atoms. The Balaban J connectivity index is 1.97. The van der Waals surface area contributed by atoms with Crippen molar-refractivity contribution < 1.29 is 23.5 Å². The first kappa shape index (κ1) is 15.5. The van der Waals surface area contributed by atoms with Gasteiger partial charge in [-0.2, -0.15) is 0 Å². The molecule has 0 saturated carbocycles. The number of Topliss-reactive ketones (excluding diaryl/α,β-unsaturated/α-hetero) is 1. The average Bonchev–Trinajstić information content (AvgIpc) is 2.95. The number of rotatable bonds is 3. The van der Waals surface area contributed by atoms with Gasteiger partial charge in [-0.25, -0.2) is 4.39 Å². The fraction of sp³-hybridized carbons (Fsp3) is 0.125. The van der Waals surface area contributed by atoms with E-state index in [0.717, 1.165) is 6.07 Å². The lowest BCUT2D eigenvalue weighted by Gasteiger charge is -2.11. The Hall–Kier alpha value is -2.41. The Kier molecular flexibility index (Phi) is 4.04. The van der Waals surface area contributed by atoms with Gasteiger partial charge < -0.3 is 14.8 Å². The molecule has 0 fully saturated rings. The van der Waals surface area contributed by atoms with Gasteiger partial charge in [-0.05, 0) is 47.1 Å². The number of amides is 1. The van der Waals surface area contributed by atoms with Gasteiger partial charge in [0, 0.05) is 16.1 Å². The van der Waals surface area contributed by atoms with Crippen LogP contribution < -0.4 is 14.8 Å². The molecule has 23 heavy (non-hydrogen) atoms. The van der Waals surface area contributed by atoms with Crippen molar-refractivity contribution in [2.45, 2.75) is 6.92 Å². The van der Waals surface area contributed by atoms with Crippen molar-refractivity contribution >= 4 is 33.3 Å². The molecule has 0 aromatic heterocycles. The molecular formula is C16H11BrFNO4. The Morgan fingerprint density at radius 1 is 1.13 bits per heavy atom. The second-order valence-electron chi connectivity index (χ2n) is 4.89. The first-order chi connectivity index (χ1) is 11.0. The second-order valence-corrected chi connectivity index (χ2v) is 5.74. The summed E-state index contributed by atoms with van der Waals surface area (Å²) in [7, 11) is 0. The lowest BCUT2D eigenvalue weighted by molar-refractivity contribution is 0.101. The summed E-state index contributed by atoms with van der Waals surface area (Å²) >= 11 is 3.20. The number of hydrogen-bond donors (Lipinski definition) is 1. The number of ether oxygens (including phenoxy) is 2. The SMILES string of the molecule is CC(=O)c1cc2c(cc1NC(=O)c1cc(F)ccc1Br)OCO2. The lowest BCUT2D eigenvalue weighted by Crippen LogP contribution is -2.15. The van der Waals surface area contributed by atoms with E-state index in [1.165, 1.54) is 31.2 Å². The highest BCUT2D eigenvalue weighted by atomic mass is 79.9. The molecule has 2 aromatic carbocycles. The molecule has 1 aliphatic heterocycles. The summed E-state index contributed by atoms with van der Waals surface area (Å²) in [6.07, 6.45) is 0. The molecule has 0 atom stereocenters. The Morgan fingerprint density at radius 2 is 1.83 bits per heavy atom. The van der Waals surface area contributed by atoms with Crippen LogP contribution in [0.3, 0.4) is 0 Å². The van der Waals surface area contributed by atoms with Gasteiger partial charge in [-0.3, -0.25) is 9.59 Å². The van der Waals surface area contributed by atoms with Crippen molar-refractivity contribution in [1.29, 1.82) is 0 Å². The lowest BCUT2D eigenvalue weighted by atomic mass is 10.1. The number of nitrogens with one attached hydrogen (secondary N) is 1. The number of fused-ring (bicyclic) bond motifs is 1. The molecule has 0 radical (unpaired) electrons. The fourth-order valence-corrected chi connectivity index (χ4v) is 2.62. The van der Waals surface area contributed by atoms with Gasteiger partial charge in [-0.15, -0.1) is 0 Å². The molecule has 0 bridgehead atoms. The Bertz CT molecular complexity index is 822. The van der Waals surface area contributed by atoms with Crippen LogP contribution in [0.2, 0.25) is 0 Å². The van der Waals surface area contributed by atoms with Crippen LogP contribution in [0.15, 0.2) is 34.8 Å². The highest BCUT2D eigenvalue weighted by molar-refractivity contribution is 9.10. The maximum absolute atomic E-state index is 13.3. The van der Waals surface area contributed by atoms with Crippen LogP contribution in [0.5, 0.6) is 11.5 Å². The number of carbonyl (C=O) groups is 2. The quantitative estimate of drug-likeness (QED) is 0.824. The first-order valence-electron chi connectivity index (χ1n) is 6.66. The van der Waals surface area contributed by atoms with E-state index in [1.54, 1.807) is 0 Å². The number of carbonyl (C=O) groups excluding carboxylic acids is 2. The van der Waals surface area contributed by atoms with Crippen LogP contribution in [0.25, 0.3) is 0 Å². The molecule has 1 amide bonds. The molecule has 7 heteroatoms. The predicted octanol–water partition coefficient (Wildman–Crippen LogP) is 3.77. The van der Waals surface area contributed by atoms with E-state index < -0.39 is 11.7 Å². The normalized spacial score (nSPS) is 12.1. The topological polar surface area (TPSA) is 64.6 Å². The molecule has 118 valence electrons. The standard InChI is InChI=1S/C16H11BrFNO4/c1-8(20)10-5-14-15(23-7-22-14)6-13(10)19-16(21)11-4-9(18)2-3-12(11)17/h2-6H,7H2,1H3,(H,19,21). The van der Waals surface area contributed by atoms with Crippen LogP contribution in [0, 0.1) is 5.82 Å². The van der Waals surface area contributed by atoms with Crippen LogP contribution >= 0.6 is 15.9 Å². The van der Waals surface area contributed by atoms with Crippen molar-refractivity contribution in [3.63, 3.8) is 0 Å². The summed E-state index contributed by atoms with van der Waals surface area (Å²) in [5.41, 5.74) is 0.690. The van der Waals surface area contributed by atoms with Crippen molar-refractivity contribution in [3.8, 4) is 11.5 Å². The molecule has 0 aliphatic carbocycles. The maximum Gasteiger partial charge on any atom is 0.256 e. The van der Waals surface area contributed by atoms with E-state index in [9.17, 15) is 14.0 Å². The summed E-state index contributed by atoms with van der Waals surface area (Å²) in [6, 6.07) is 6.82. The van der Waals surface area contributed by atoms with E-state index in [2.05, 4.69) is 21.2 Å².